The molecular weight excluding hydrogens is 437 g/mol. The lowest BCUT2D eigenvalue weighted by atomic mass is 10.0. The van der Waals surface area contributed by atoms with E-state index in [1.165, 1.54) is 23.9 Å². The second kappa shape index (κ2) is 8.71. The van der Waals surface area contributed by atoms with E-state index in [0.29, 0.717) is 11.0 Å². The van der Waals surface area contributed by atoms with Crippen molar-refractivity contribution in [2.45, 2.75) is 30.3 Å². The van der Waals surface area contributed by atoms with E-state index in [0.717, 1.165) is 27.9 Å². The molecule has 0 spiro atoms. The van der Waals surface area contributed by atoms with Gasteiger partial charge in [-0.2, -0.15) is 0 Å². The third-order valence-corrected chi connectivity index (χ3v) is 6.81. The molecular formula is C25H22FN5OS. The first kappa shape index (κ1) is 21.2. The molecule has 0 saturated carbocycles. The molecule has 3 aromatic carbocycles. The van der Waals surface area contributed by atoms with Crippen LogP contribution in [0.1, 0.15) is 22.7 Å². The molecule has 4 aromatic rings. The Morgan fingerprint density at radius 3 is 2.52 bits per heavy atom. The predicted molar refractivity (Wildman–Crippen MR) is 128 cm³/mol. The van der Waals surface area contributed by atoms with Crippen molar-refractivity contribution in [1.82, 2.24) is 14.9 Å². The molecule has 1 aliphatic rings. The summed E-state index contributed by atoms with van der Waals surface area (Å²) in [5.41, 5.74) is 7.99. The predicted octanol–water partition coefficient (Wildman–Crippen LogP) is 5.10. The lowest BCUT2D eigenvalue weighted by Gasteiger charge is -2.33. The number of halogens is 1. The number of aromatic nitrogens is 3. The van der Waals surface area contributed by atoms with Crippen LogP contribution in [0, 0.1) is 19.7 Å². The Morgan fingerprint density at radius 2 is 1.79 bits per heavy atom. The second-order valence-electron chi connectivity index (χ2n) is 8.01. The van der Waals surface area contributed by atoms with Crippen LogP contribution in [-0.4, -0.2) is 26.0 Å². The van der Waals surface area contributed by atoms with Crippen LogP contribution in [0.25, 0.3) is 11.4 Å². The smallest absolute Gasteiger partial charge is 0.240 e. The highest BCUT2D eigenvalue weighted by Gasteiger charge is 2.38. The normalized spacial score (nSPS) is 17.2. The topological polar surface area (TPSA) is 71.8 Å². The number of fused-ring (bicyclic) bond motifs is 1. The Labute approximate surface area is 195 Å². The number of benzene rings is 3. The van der Waals surface area contributed by atoms with Gasteiger partial charge in [0.05, 0.1) is 6.04 Å². The summed E-state index contributed by atoms with van der Waals surface area (Å²) in [7, 11) is 0. The molecule has 8 heteroatoms. The van der Waals surface area contributed by atoms with Gasteiger partial charge in [0.2, 0.25) is 11.1 Å². The highest BCUT2D eigenvalue weighted by Crippen LogP contribution is 2.39. The van der Waals surface area contributed by atoms with E-state index in [1.807, 2.05) is 62.4 Å². The molecule has 1 aromatic heterocycles. The van der Waals surface area contributed by atoms with Crippen LogP contribution in [0.15, 0.2) is 78.0 Å². The Hall–Kier alpha value is -3.65. The van der Waals surface area contributed by atoms with Gasteiger partial charge >= 0.3 is 0 Å². The zero-order valence-electron chi connectivity index (χ0n) is 18.1. The second-order valence-corrected chi connectivity index (χ2v) is 9.12. The number of nitrogens with zero attached hydrogens (tertiary/aromatic N) is 3. The molecule has 0 aliphatic carbocycles. The molecule has 5 rings (SSSR count). The van der Waals surface area contributed by atoms with Gasteiger partial charge in [0.15, 0.2) is 5.82 Å². The van der Waals surface area contributed by atoms with Crippen molar-refractivity contribution >= 4 is 23.4 Å². The zero-order chi connectivity index (χ0) is 22.9. The monoisotopic (exact) mass is 459 g/mol. The minimum atomic E-state index is -0.545. The fraction of sp³-hybridized carbons (Fsp3) is 0.160. The average molecular weight is 460 g/mol. The van der Waals surface area contributed by atoms with Crippen molar-refractivity contribution in [1.29, 1.82) is 0 Å². The molecule has 0 saturated heterocycles. The Bertz CT molecular complexity index is 1310. The maximum Gasteiger partial charge on any atom is 0.240 e. The van der Waals surface area contributed by atoms with Crippen LogP contribution in [0.4, 0.5) is 10.1 Å². The summed E-state index contributed by atoms with van der Waals surface area (Å²) in [4.78, 5) is 13.4. The lowest BCUT2D eigenvalue weighted by molar-refractivity contribution is -0.116. The first-order valence-corrected chi connectivity index (χ1v) is 11.5. The summed E-state index contributed by atoms with van der Waals surface area (Å²) in [5, 5.41) is 11.8. The number of aryl methyl sites for hydroxylation is 2. The molecule has 2 atom stereocenters. The summed E-state index contributed by atoms with van der Waals surface area (Å²) in [6.07, 6.45) is 0. The molecule has 2 heterocycles. The number of anilines is 1. The van der Waals surface area contributed by atoms with Crippen molar-refractivity contribution in [2.75, 3.05) is 10.7 Å². The third-order valence-electron chi connectivity index (χ3n) is 5.60. The standard InChI is InChI=1S/C25H22FN5OS/c1-15-8-13-20(16(2)14-15)27-24(32)22-21(17-9-11-19(26)12-10-17)30-31-23(28-29-25(31)33-22)18-6-4-3-5-7-18/h3-14,21-22,30H,1-2H3,(H,27,32). The van der Waals surface area contributed by atoms with Gasteiger partial charge < -0.3 is 10.7 Å². The number of amides is 1. The van der Waals surface area contributed by atoms with Crippen LogP contribution in [0.5, 0.6) is 0 Å². The van der Waals surface area contributed by atoms with Crippen LogP contribution in [-0.2, 0) is 4.79 Å². The zero-order valence-corrected chi connectivity index (χ0v) is 18.9. The largest absolute Gasteiger partial charge is 0.325 e. The van der Waals surface area contributed by atoms with Gasteiger partial charge in [-0.1, -0.05) is 71.9 Å². The van der Waals surface area contributed by atoms with Crippen molar-refractivity contribution in [2.24, 2.45) is 0 Å². The molecule has 33 heavy (non-hydrogen) atoms. The highest BCUT2D eigenvalue weighted by molar-refractivity contribution is 8.00. The fourth-order valence-electron chi connectivity index (χ4n) is 3.91. The molecule has 0 radical (unpaired) electrons. The molecule has 1 aliphatic heterocycles. The maximum atomic E-state index is 13.6. The Balaban J connectivity index is 1.51. The number of nitrogens with one attached hydrogen (secondary N) is 2. The Kier molecular flexibility index (Phi) is 5.60. The van der Waals surface area contributed by atoms with E-state index in [-0.39, 0.29) is 11.7 Å². The van der Waals surface area contributed by atoms with E-state index < -0.39 is 11.3 Å². The third kappa shape index (κ3) is 4.21. The minimum Gasteiger partial charge on any atom is -0.325 e. The van der Waals surface area contributed by atoms with Crippen molar-refractivity contribution in [3.05, 3.63) is 95.3 Å². The van der Waals surface area contributed by atoms with Gasteiger partial charge in [-0.05, 0) is 43.2 Å². The molecule has 2 unspecified atom stereocenters. The molecule has 2 N–H and O–H groups in total. The summed E-state index contributed by atoms with van der Waals surface area (Å²) in [5.74, 6) is 0.163. The molecule has 166 valence electrons. The number of thioether (sulfide) groups is 1. The van der Waals surface area contributed by atoms with Crippen LogP contribution in [0.3, 0.4) is 0 Å². The van der Waals surface area contributed by atoms with Crippen LogP contribution in [0.2, 0.25) is 0 Å². The van der Waals surface area contributed by atoms with Crippen molar-refractivity contribution in [3.63, 3.8) is 0 Å². The SMILES string of the molecule is Cc1ccc(NC(=O)C2Sc3nnc(-c4ccccc4)n3NC2c2ccc(F)cc2)c(C)c1. The van der Waals surface area contributed by atoms with E-state index in [2.05, 4.69) is 20.9 Å². The van der Waals surface area contributed by atoms with Gasteiger partial charge in [-0.25, -0.2) is 9.07 Å². The fourth-order valence-corrected chi connectivity index (χ4v) is 4.99. The van der Waals surface area contributed by atoms with Gasteiger partial charge in [0.1, 0.15) is 11.1 Å². The maximum absolute atomic E-state index is 13.6. The number of hydrogen-bond donors (Lipinski definition) is 2. The van der Waals surface area contributed by atoms with Crippen LogP contribution < -0.4 is 10.7 Å². The van der Waals surface area contributed by atoms with Gasteiger partial charge in [0.25, 0.3) is 0 Å². The average Bonchev–Trinajstić information content (AvgIpc) is 3.24. The van der Waals surface area contributed by atoms with Gasteiger partial charge in [0, 0.05) is 11.3 Å². The molecule has 0 fully saturated rings. The first-order chi connectivity index (χ1) is 16.0. The summed E-state index contributed by atoms with van der Waals surface area (Å²) < 4.78 is 15.4. The summed E-state index contributed by atoms with van der Waals surface area (Å²) in [6.45, 7) is 3.98. The molecule has 1 amide bonds. The van der Waals surface area contributed by atoms with E-state index in [9.17, 15) is 9.18 Å². The number of carbonyl (C=O) groups is 1. The number of rotatable bonds is 4. The number of carbonyl (C=O) groups excluding carboxylic acids is 1. The molecule has 0 bridgehead atoms. The van der Waals surface area contributed by atoms with Gasteiger partial charge in [-0.3, -0.25) is 4.79 Å². The first-order valence-electron chi connectivity index (χ1n) is 10.6. The summed E-state index contributed by atoms with van der Waals surface area (Å²) >= 11 is 1.34. The Morgan fingerprint density at radius 1 is 1.03 bits per heavy atom. The van der Waals surface area contributed by atoms with Crippen molar-refractivity contribution in [3.8, 4) is 11.4 Å². The quantitative estimate of drug-likeness (QED) is 0.444. The summed E-state index contributed by atoms with van der Waals surface area (Å²) in [6, 6.07) is 21.4. The van der Waals surface area contributed by atoms with E-state index >= 15 is 0 Å². The highest BCUT2D eigenvalue weighted by atomic mass is 32.2. The minimum absolute atomic E-state index is 0.163. The number of hydrogen-bond acceptors (Lipinski definition) is 5. The van der Waals surface area contributed by atoms with E-state index in [4.69, 9.17) is 0 Å². The van der Waals surface area contributed by atoms with E-state index in [1.54, 1.807) is 16.8 Å². The lowest BCUT2D eigenvalue weighted by Crippen LogP contribution is -2.41. The molecule has 6 nitrogen and oxygen atoms in total. The van der Waals surface area contributed by atoms with Crippen molar-refractivity contribution < 1.29 is 9.18 Å². The van der Waals surface area contributed by atoms with Gasteiger partial charge in [-0.15, -0.1) is 10.2 Å². The van der Waals surface area contributed by atoms with Crippen LogP contribution >= 0.6 is 11.8 Å².